The van der Waals surface area contributed by atoms with Crippen LogP contribution < -0.4 is 11.3 Å². The van der Waals surface area contributed by atoms with Crippen LogP contribution in [0.3, 0.4) is 0 Å². The number of rotatable bonds is 2. The van der Waals surface area contributed by atoms with E-state index >= 15 is 0 Å². The number of aromatic amines is 1. The summed E-state index contributed by atoms with van der Waals surface area (Å²) in [7, 11) is 0. The van der Waals surface area contributed by atoms with E-state index in [0.717, 1.165) is 4.90 Å². The van der Waals surface area contributed by atoms with Gasteiger partial charge in [-0.05, 0) is 42.5 Å². The monoisotopic (exact) mass is 303 g/mol. The maximum Gasteiger partial charge on any atom is 0.259 e. The molecule has 2 aromatic carbocycles. The Labute approximate surface area is 124 Å². The molecular formula is C14H10ClN3OS. The number of hydrogen-bond donors (Lipinski definition) is 2. The highest BCUT2D eigenvalue weighted by molar-refractivity contribution is 7.99. The number of nitrogens with two attached hydrogens (primary N) is 1. The number of aromatic nitrogens is 2. The molecule has 3 aromatic rings. The van der Waals surface area contributed by atoms with Gasteiger partial charge in [0.2, 0.25) is 0 Å². The highest BCUT2D eigenvalue weighted by Gasteiger charge is 2.06. The second kappa shape index (κ2) is 5.19. The normalized spacial score (nSPS) is 10.8. The molecule has 0 atom stereocenters. The van der Waals surface area contributed by atoms with Gasteiger partial charge in [-0.15, -0.1) is 0 Å². The highest BCUT2D eigenvalue weighted by atomic mass is 35.5. The van der Waals surface area contributed by atoms with Crippen molar-refractivity contribution in [1.82, 2.24) is 9.97 Å². The third kappa shape index (κ3) is 2.64. The molecule has 0 bridgehead atoms. The Kier molecular flexibility index (Phi) is 3.38. The lowest BCUT2D eigenvalue weighted by molar-refractivity contribution is 0.974. The van der Waals surface area contributed by atoms with Gasteiger partial charge in [-0.1, -0.05) is 23.4 Å². The fourth-order valence-electron chi connectivity index (χ4n) is 1.80. The Morgan fingerprint density at radius 3 is 2.65 bits per heavy atom. The number of nitrogen functional groups attached to an aromatic ring is 1. The van der Waals surface area contributed by atoms with E-state index in [0.29, 0.717) is 26.8 Å². The lowest BCUT2D eigenvalue weighted by Gasteiger charge is -2.03. The molecule has 0 spiro atoms. The first kappa shape index (κ1) is 13.0. The van der Waals surface area contributed by atoms with Crippen LogP contribution in [0.4, 0.5) is 5.69 Å². The highest BCUT2D eigenvalue weighted by Crippen LogP contribution is 2.26. The number of anilines is 1. The van der Waals surface area contributed by atoms with Crippen LogP contribution in [0.15, 0.2) is 57.3 Å². The SMILES string of the molecule is Nc1ccc2nc(Sc3ccc(Cl)cc3)[nH]c(=O)c2c1. The molecule has 1 heterocycles. The molecule has 0 amide bonds. The van der Waals surface area contributed by atoms with Gasteiger partial charge in [0.25, 0.3) is 5.56 Å². The molecule has 0 saturated carbocycles. The van der Waals surface area contributed by atoms with Gasteiger partial charge in [-0.2, -0.15) is 0 Å². The van der Waals surface area contributed by atoms with Crippen LogP contribution in [0.1, 0.15) is 0 Å². The summed E-state index contributed by atoms with van der Waals surface area (Å²) in [4.78, 5) is 20.1. The Hall–Kier alpha value is -1.98. The van der Waals surface area contributed by atoms with E-state index in [2.05, 4.69) is 9.97 Å². The molecule has 0 aliphatic heterocycles. The molecule has 1 aromatic heterocycles. The summed E-state index contributed by atoms with van der Waals surface area (Å²) < 4.78 is 0. The number of nitrogens with one attached hydrogen (secondary N) is 1. The summed E-state index contributed by atoms with van der Waals surface area (Å²) in [5.74, 6) is 0. The third-order valence-corrected chi connectivity index (χ3v) is 3.88. The second-order valence-corrected chi connectivity index (χ2v) is 5.70. The summed E-state index contributed by atoms with van der Waals surface area (Å²) >= 11 is 7.21. The van der Waals surface area contributed by atoms with Crippen LogP contribution in [0.5, 0.6) is 0 Å². The minimum atomic E-state index is -0.196. The molecule has 0 saturated heterocycles. The Balaban J connectivity index is 2.02. The van der Waals surface area contributed by atoms with Gasteiger partial charge in [-0.25, -0.2) is 4.98 Å². The van der Waals surface area contributed by atoms with Gasteiger partial charge in [-0.3, -0.25) is 4.79 Å². The third-order valence-electron chi connectivity index (χ3n) is 2.74. The van der Waals surface area contributed by atoms with Crippen LogP contribution in [0.25, 0.3) is 10.9 Å². The van der Waals surface area contributed by atoms with E-state index in [1.54, 1.807) is 30.3 Å². The lowest BCUT2D eigenvalue weighted by Crippen LogP contribution is -2.09. The summed E-state index contributed by atoms with van der Waals surface area (Å²) in [5.41, 5.74) is 6.64. The molecular weight excluding hydrogens is 294 g/mol. The van der Waals surface area contributed by atoms with Crippen molar-refractivity contribution < 1.29 is 0 Å². The van der Waals surface area contributed by atoms with Gasteiger partial charge in [0.05, 0.1) is 10.9 Å². The maximum absolute atomic E-state index is 12.0. The van der Waals surface area contributed by atoms with Crippen LogP contribution in [0.2, 0.25) is 5.02 Å². The Morgan fingerprint density at radius 1 is 1.15 bits per heavy atom. The van der Waals surface area contributed by atoms with E-state index in [4.69, 9.17) is 17.3 Å². The second-order valence-electron chi connectivity index (χ2n) is 4.20. The van der Waals surface area contributed by atoms with Crippen LogP contribution in [-0.2, 0) is 0 Å². The van der Waals surface area contributed by atoms with Crippen LogP contribution >= 0.6 is 23.4 Å². The van der Waals surface area contributed by atoms with Gasteiger partial charge in [0.1, 0.15) is 0 Å². The summed E-state index contributed by atoms with van der Waals surface area (Å²) in [5, 5.41) is 1.70. The van der Waals surface area contributed by atoms with Crippen molar-refractivity contribution >= 4 is 40.0 Å². The fraction of sp³-hybridized carbons (Fsp3) is 0. The van der Waals surface area contributed by atoms with Crippen LogP contribution in [-0.4, -0.2) is 9.97 Å². The summed E-state index contributed by atoms with van der Waals surface area (Å²) in [6.07, 6.45) is 0. The predicted octanol–water partition coefficient (Wildman–Crippen LogP) is 3.31. The van der Waals surface area contributed by atoms with E-state index in [1.807, 2.05) is 12.1 Å². The number of benzene rings is 2. The van der Waals surface area contributed by atoms with Crippen molar-refractivity contribution in [2.75, 3.05) is 5.73 Å². The van der Waals surface area contributed by atoms with E-state index < -0.39 is 0 Å². The average molecular weight is 304 g/mol. The number of H-pyrrole nitrogens is 1. The molecule has 0 unspecified atom stereocenters. The van der Waals surface area contributed by atoms with Gasteiger partial charge < -0.3 is 10.7 Å². The molecule has 0 fully saturated rings. The van der Waals surface area contributed by atoms with Crippen LogP contribution in [0, 0.1) is 0 Å². The smallest absolute Gasteiger partial charge is 0.259 e. The average Bonchev–Trinajstić information content (AvgIpc) is 2.42. The van der Waals surface area contributed by atoms with E-state index in [9.17, 15) is 4.79 Å². The number of halogens is 1. The predicted molar refractivity (Wildman–Crippen MR) is 82.4 cm³/mol. The first-order chi connectivity index (χ1) is 9.61. The standard InChI is InChI=1S/C14H10ClN3OS/c15-8-1-4-10(5-2-8)20-14-17-12-6-3-9(16)7-11(12)13(19)18-14/h1-7H,16H2,(H,17,18,19). The maximum atomic E-state index is 12.0. The topological polar surface area (TPSA) is 71.8 Å². The molecule has 4 nitrogen and oxygen atoms in total. The van der Waals surface area contributed by atoms with Crippen molar-refractivity contribution in [3.05, 3.63) is 57.8 Å². The van der Waals surface area contributed by atoms with Gasteiger partial charge >= 0.3 is 0 Å². The van der Waals surface area contributed by atoms with Crippen molar-refractivity contribution in [2.24, 2.45) is 0 Å². The zero-order valence-electron chi connectivity index (χ0n) is 10.3. The minimum absolute atomic E-state index is 0.196. The molecule has 0 aliphatic carbocycles. The fourth-order valence-corrected chi connectivity index (χ4v) is 2.71. The van der Waals surface area contributed by atoms with Crippen molar-refractivity contribution in [1.29, 1.82) is 0 Å². The Morgan fingerprint density at radius 2 is 1.90 bits per heavy atom. The number of hydrogen-bond acceptors (Lipinski definition) is 4. The molecule has 0 aliphatic rings. The van der Waals surface area contributed by atoms with Crippen molar-refractivity contribution in [2.45, 2.75) is 10.1 Å². The summed E-state index contributed by atoms with van der Waals surface area (Å²) in [6, 6.07) is 12.4. The zero-order valence-corrected chi connectivity index (χ0v) is 11.8. The molecule has 0 radical (unpaired) electrons. The molecule has 3 rings (SSSR count). The van der Waals surface area contributed by atoms with E-state index in [1.165, 1.54) is 11.8 Å². The minimum Gasteiger partial charge on any atom is -0.399 e. The zero-order chi connectivity index (χ0) is 14.1. The number of nitrogens with zero attached hydrogens (tertiary/aromatic N) is 1. The molecule has 100 valence electrons. The van der Waals surface area contributed by atoms with E-state index in [-0.39, 0.29) is 5.56 Å². The number of fused-ring (bicyclic) bond motifs is 1. The largest absolute Gasteiger partial charge is 0.399 e. The first-order valence-electron chi connectivity index (χ1n) is 5.85. The molecule has 20 heavy (non-hydrogen) atoms. The molecule has 3 N–H and O–H groups in total. The Bertz CT molecular complexity index is 830. The summed E-state index contributed by atoms with van der Waals surface area (Å²) in [6.45, 7) is 0. The van der Waals surface area contributed by atoms with Crippen molar-refractivity contribution in [3.8, 4) is 0 Å². The lowest BCUT2D eigenvalue weighted by atomic mass is 10.2. The van der Waals surface area contributed by atoms with Crippen molar-refractivity contribution in [3.63, 3.8) is 0 Å². The first-order valence-corrected chi connectivity index (χ1v) is 7.04. The van der Waals surface area contributed by atoms with Gasteiger partial charge in [0.15, 0.2) is 5.16 Å². The van der Waals surface area contributed by atoms with Gasteiger partial charge in [0, 0.05) is 15.6 Å². The molecule has 6 heteroatoms. The quantitative estimate of drug-likeness (QED) is 0.563.